The van der Waals surface area contributed by atoms with Crippen molar-refractivity contribution in [1.29, 1.82) is 0 Å². The van der Waals surface area contributed by atoms with Gasteiger partial charge in [0.05, 0.1) is 0 Å². The van der Waals surface area contributed by atoms with Gasteiger partial charge in [0.15, 0.2) is 10.2 Å². The Morgan fingerprint density at radius 1 is 0.833 bits per heavy atom. The van der Waals surface area contributed by atoms with Crippen LogP contribution in [0.3, 0.4) is 0 Å². The van der Waals surface area contributed by atoms with E-state index in [1.807, 2.05) is 24.3 Å². The third kappa shape index (κ3) is 6.47. The van der Waals surface area contributed by atoms with E-state index in [4.69, 9.17) is 24.4 Å². The number of hydrogen-bond donors (Lipinski definition) is 4. The number of rotatable bonds is 4. The molecule has 2 aliphatic rings. The number of carbonyl (C=O) groups excluding carboxylic acids is 2. The normalized spacial score (nSPS) is 20.5. The van der Waals surface area contributed by atoms with Gasteiger partial charge in [-0.05, 0) is 62.3 Å². The van der Waals surface area contributed by atoms with Gasteiger partial charge in [0.1, 0.15) is 0 Å². The summed E-state index contributed by atoms with van der Waals surface area (Å²) in [6.07, 6.45) is 11.4. The summed E-state index contributed by atoms with van der Waals surface area (Å²) in [5.74, 6) is -0.445. The van der Waals surface area contributed by atoms with E-state index in [1.54, 1.807) is 24.3 Å². The molecule has 2 unspecified atom stereocenters. The van der Waals surface area contributed by atoms with Gasteiger partial charge in [-0.25, -0.2) is 0 Å². The first kappa shape index (κ1) is 22.1. The van der Waals surface area contributed by atoms with Gasteiger partial charge in [-0.1, -0.05) is 49.3 Å². The van der Waals surface area contributed by atoms with Crippen molar-refractivity contribution in [3.63, 3.8) is 0 Å². The summed E-state index contributed by atoms with van der Waals surface area (Å²) in [7, 11) is 0. The van der Waals surface area contributed by atoms with Gasteiger partial charge >= 0.3 is 0 Å². The first-order chi connectivity index (χ1) is 14.5. The predicted molar refractivity (Wildman–Crippen MR) is 126 cm³/mol. The van der Waals surface area contributed by atoms with Crippen LogP contribution in [0, 0.1) is 0 Å². The Bertz CT molecular complexity index is 867. The average Bonchev–Trinajstić information content (AvgIpc) is 2.76. The van der Waals surface area contributed by atoms with Crippen LogP contribution in [0.1, 0.15) is 48.9 Å². The Balaban J connectivity index is 1.51. The second-order valence-electron chi connectivity index (χ2n) is 7.36. The fourth-order valence-electron chi connectivity index (χ4n) is 3.61. The average molecular weight is 443 g/mol. The molecule has 6 nitrogen and oxygen atoms in total. The molecule has 0 saturated heterocycles. The fraction of sp³-hybridized carbons (Fsp3) is 0.364. The minimum absolute atomic E-state index is 0.00553. The van der Waals surface area contributed by atoms with Crippen molar-refractivity contribution in [2.24, 2.45) is 0 Å². The molecule has 0 radical (unpaired) electrons. The van der Waals surface area contributed by atoms with E-state index < -0.39 is 0 Å². The zero-order chi connectivity index (χ0) is 21.3. The molecular formula is C22H26N4O2S2. The number of benzene rings is 1. The number of amides is 2. The Morgan fingerprint density at radius 2 is 1.43 bits per heavy atom. The molecule has 8 heteroatoms. The molecule has 2 amide bonds. The minimum atomic E-state index is -0.245. The lowest BCUT2D eigenvalue weighted by Crippen LogP contribution is -2.57. The first-order valence-electron chi connectivity index (χ1n) is 10.2. The second-order valence-corrected chi connectivity index (χ2v) is 8.17. The molecule has 1 fully saturated rings. The summed E-state index contributed by atoms with van der Waals surface area (Å²) < 4.78 is 0. The standard InChI is InChI=1S/C22H26N4O2S2/c27-19(15-9-3-1-4-10-15)25-21(29)23-17-13-7-8-14-18(17)24-22(30)26-20(28)16-11-5-2-6-12-16/h1,3-5,9-12,17-18H,2,6-8,13-14H2,(H2,23,25,27,29)(H2,24,26,28,30). The van der Waals surface area contributed by atoms with Gasteiger partial charge in [-0.15, -0.1) is 0 Å². The highest BCUT2D eigenvalue weighted by Gasteiger charge is 2.27. The molecule has 2 atom stereocenters. The molecule has 0 bridgehead atoms. The maximum atomic E-state index is 12.3. The lowest BCUT2D eigenvalue weighted by molar-refractivity contribution is -0.115. The third-order valence-corrected chi connectivity index (χ3v) is 5.59. The fourth-order valence-corrected chi connectivity index (χ4v) is 4.10. The Kier molecular flexibility index (Phi) is 8.10. The lowest BCUT2D eigenvalue weighted by Gasteiger charge is -2.34. The molecule has 158 valence electrons. The Hall–Kier alpha value is -2.58. The summed E-state index contributed by atoms with van der Waals surface area (Å²) in [5, 5.41) is 12.6. The summed E-state index contributed by atoms with van der Waals surface area (Å²) in [6, 6.07) is 8.96. The van der Waals surface area contributed by atoms with Crippen LogP contribution < -0.4 is 21.3 Å². The van der Waals surface area contributed by atoms with Gasteiger partial charge in [-0.3, -0.25) is 20.2 Å². The van der Waals surface area contributed by atoms with E-state index in [1.165, 1.54) is 0 Å². The highest BCUT2D eigenvalue weighted by atomic mass is 32.1. The molecule has 0 aliphatic heterocycles. The number of thiocarbonyl (C=S) groups is 2. The van der Waals surface area contributed by atoms with Crippen molar-refractivity contribution in [3.05, 3.63) is 59.7 Å². The summed E-state index contributed by atoms with van der Waals surface area (Å²) in [4.78, 5) is 24.6. The van der Waals surface area contributed by atoms with Crippen LogP contribution in [-0.4, -0.2) is 34.1 Å². The number of hydrogen-bond acceptors (Lipinski definition) is 4. The molecule has 30 heavy (non-hydrogen) atoms. The van der Waals surface area contributed by atoms with E-state index in [0.717, 1.165) is 38.5 Å². The maximum Gasteiger partial charge on any atom is 0.257 e. The predicted octanol–water partition coefficient (Wildman–Crippen LogP) is 2.87. The van der Waals surface area contributed by atoms with Crippen LogP contribution in [0.4, 0.5) is 0 Å². The van der Waals surface area contributed by atoms with E-state index in [0.29, 0.717) is 16.2 Å². The highest BCUT2D eigenvalue weighted by Crippen LogP contribution is 2.19. The van der Waals surface area contributed by atoms with Crippen LogP contribution in [0.2, 0.25) is 0 Å². The van der Waals surface area contributed by atoms with Gasteiger partial charge in [-0.2, -0.15) is 0 Å². The Labute approximate surface area is 187 Å². The molecule has 3 rings (SSSR count). The van der Waals surface area contributed by atoms with Gasteiger partial charge < -0.3 is 10.6 Å². The van der Waals surface area contributed by atoms with Crippen molar-refractivity contribution in [1.82, 2.24) is 21.3 Å². The van der Waals surface area contributed by atoms with E-state index >= 15 is 0 Å². The SMILES string of the molecule is O=C(NC(=S)NC1CCCCC1NC(=S)NC(=O)c1ccccc1)C1=CCCC=C1. The zero-order valence-corrected chi connectivity index (χ0v) is 18.3. The number of carbonyl (C=O) groups is 2. The van der Waals surface area contributed by atoms with Crippen LogP contribution in [0.25, 0.3) is 0 Å². The monoisotopic (exact) mass is 442 g/mol. The van der Waals surface area contributed by atoms with Crippen LogP contribution in [0.5, 0.6) is 0 Å². The lowest BCUT2D eigenvalue weighted by atomic mass is 9.90. The minimum Gasteiger partial charge on any atom is -0.358 e. The van der Waals surface area contributed by atoms with Crippen LogP contribution in [0.15, 0.2) is 54.1 Å². The maximum absolute atomic E-state index is 12.3. The van der Waals surface area contributed by atoms with Crippen LogP contribution >= 0.6 is 24.4 Å². The molecule has 1 saturated carbocycles. The largest absolute Gasteiger partial charge is 0.358 e. The molecule has 1 aromatic carbocycles. The smallest absolute Gasteiger partial charge is 0.257 e. The van der Waals surface area contributed by atoms with Crippen molar-refractivity contribution >= 4 is 46.5 Å². The second kappa shape index (κ2) is 11.0. The molecule has 0 spiro atoms. The molecule has 1 aromatic rings. The third-order valence-electron chi connectivity index (χ3n) is 5.15. The number of allylic oxidation sites excluding steroid dienone is 2. The topological polar surface area (TPSA) is 82.3 Å². The van der Waals surface area contributed by atoms with E-state index in [9.17, 15) is 9.59 Å². The molecule has 0 aromatic heterocycles. The quantitative estimate of drug-likeness (QED) is 0.537. The van der Waals surface area contributed by atoms with Crippen molar-refractivity contribution in [2.75, 3.05) is 0 Å². The summed E-state index contributed by atoms with van der Waals surface area (Å²) in [5.41, 5.74) is 1.18. The van der Waals surface area contributed by atoms with Gasteiger partial charge in [0.25, 0.3) is 11.8 Å². The van der Waals surface area contributed by atoms with Crippen molar-refractivity contribution < 1.29 is 9.59 Å². The van der Waals surface area contributed by atoms with Gasteiger partial charge in [0.2, 0.25) is 0 Å². The molecule has 4 N–H and O–H groups in total. The summed E-state index contributed by atoms with van der Waals surface area (Å²) in [6.45, 7) is 0. The molecule has 2 aliphatic carbocycles. The van der Waals surface area contributed by atoms with Crippen molar-refractivity contribution in [2.45, 2.75) is 50.6 Å². The highest BCUT2D eigenvalue weighted by molar-refractivity contribution is 7.80. The summed E-state index contributed by atoms with van der Waals surface area (Å²) >= 11 is 10.7. The molecular weight excluding hydrogens is 416 g/mol. The Morgan fingerprint density at radius 3 is 2.00 bits per heavy atom. The van der Waals surface area contributed by atoms with E-state index in [-0.39, 0.29) is 29.0 Å². The first-order valence-corrected chi connectivity index (χ1v) is 11.0. The molecule has 0 heterocycles. The van der Waals surface area contributed by atoms with Crippen molar-refractivity contribution in [3.8, 4) is 0 Å². The van der Waals surface area contributed by atoms with Crippen LogP contribution in [-0.2, 0) is 4.79 Å². The van der Waals surface area contributed by atoms with E-state index in [2.05, 4.69) is 21.3 Å². The van der Waals surface area contributed by atoms with Gasteiger partial charge in [0, 0.05) is 23.2 Å². The zero-order valence-electron chi connectivity index (χ0n) is 16.6. The number of nitrogens with one attached hydrogen (secondary N) is 4.